The predicted molar refractivity (Wildman–Crippen MR) is 138 cm³/mol. The average molecular weight is 506 g/mol. The maximum Gasteiger partial charge on any atom is 0.329 e. The van der Waals surface area contributed by atoms with Crippen molar-refractivity contribution in [3.05, 3.63) is 23.9 Å². The molecular formula is C26H43N5O5. The summed E-state index contributed by atoms with van der Waals surface area (Å²) in [6.07, 6.45) is 8.41. The van der Waals surface area contributed by atoms with Gasteiger partial charge in [-0.05, 0) is 37.3 Å². The van der Waals surface area contributed by atoms with E-state index in [1.807, 2.05) is 13.8 Å². The summed E-state index contributed by atoms with van der Waals surface area (Å²) >= 11 is 0. The number of rotatable bonds is 7. The van der Waals surface area contributed by atoms with Gasteiger partial charge in [0.05, 0.1) is 19.3 Å². The van der Waals surface area contributed by atoms with Gasteiger partial charge in [0.1, 0.15) is 17.9 Å². The number of esters is 1. The van der Waals surface area contributed by atoms with E-state index in [9.17, 15) is 14.4 Å². The van der Waals surface area contributed by atoms with Crippen molar-refractivity contribution in [2.24, 2.45) is 5.92 Å². The van der Waals surface area contributed by atoms with E-state index in [2.05, 4.69) is 20.9 Å². The molecule has 202 valence electrons. The summed E-state index contributed by atoms with van der Waals surface area (Å²) < 4.78 is 11.0. The first-order valence-corrected chi connectivity index (χ1v) is 13.1. The summed E-state index contributed by atoms with van der Waals surface area (Å²) in [5, 5.41) is 8.52. The molecule has 1 aliphatic heterocycles. The fourth-order valence-corrected chi connectivity index (χ4v) is 4.01. The zero-order chi connectivity index (χ0) is 26.3. The standard InChI is InChI=1S/C26H43N5O5/c1-4-36-25(33)21(15-19-12-13-23(27)28-16-19)31-26(34)30-20-11-9-7-5-6-8-10-14-35-17-22(18(2)3)29-24(20)32/h12-13,16,18,20-22H,4-11,14-15,17H2,1-3H3,(H2,27,28)(H,29,32)(H2,30,31,34)/t20-,21+,22-/m1/s1. The van der Waals surface area contributed by atoms with Crippen molar-refractivity contribution in [2.75, 3.05) is 25.6 Å². The normalized spacial score (nSPS) is 21.1. The van der Waals surface area contributed by atoms with Crippen molar-refractivity contribution in [1.82, 2.24) is 20.9 Å². The van der Waals surface area contributed by atoms with Crippen molar-refractivity contribution in [2.45, 2.75) is 90.3 Å². The van der Waals surface area contributed by atoms with Crippen LogP contribution in [0.15, 0.2) is 18.3 Å². The molecule has 1 fully saturated rings. The second-order valence-electron chi connectivity index (χ2n) is 9.61. The SMILES string of the molecule is CCOC(=O)[C@H](Cc1ccc(N)nc1)NC(=O)N[C@@H]1CCCCCCCCOC[C@H](C(C)C)NC1=O. The third-order valence-electron chi connectivity index (χ3n) is 6.25. The second-order valence-corrected chi connectivity index (χ2v) is 9.61. The van der Waals surface area contributed by atoms with Crippen LogP contribution < -0.4 is 21.7 Å². The zero-order valence-electron chi connectivity index (χ0n) is 21.9. The van der Waals surface area contributed by atoms with Crippen LogP contribution in [0.1, 0.15) is 71.3 Å². The zero-order valence-corrected chi connectivity index (χ0v) is 21.9. The third-order valence-corrected chi connectivity index (χ3v) is 6.25. The lowest BCUT2D eigenvalue weighted by molar-refractivity contribution is -0.145. The minimum atomic E-state index is -0.936. The van der Waals surface area contributed by atoms with Gasteiger partial charge in [-0.2, -0.15) is 0 Å². The fourth-order valence-electron chi connectivity index (χ4n) is 4.01. The van der Waals surface area contributed by atoms with Crippen molar-refractivity contribution in [3.63, 3.8) is 0 Å². The molecule has 0 radical (unpaired) electrons. The summed E-state index contributed by atoms with van der Waals surface area (Å²) in [5.41, 5.74) is 6.36. The molecule has 0 unspecified atom stereocenters. The molecule has 1 saturated heterocycles. The van der Waals surface area contributed by atoms with Gasteiger partial charge in [-0.3, -0.25) is 4.79 Å². The van der Waals surface area contributed by atoms with E-state index in [1.54, 1.807) is 25.3 Å². The molecule has 1 aromatic rings. The molecule has 2 rings (SSSR count). The van der Waals surface area contributed by atoms with Crippen molar-refractivity contribution < 1.29 is 23.9 Å². The number of hydrogen-bond donors (Lipinski definition) is 4. The number of amides is 3. The van der Waals surface area contributed by atoms with E-state index in [4.69, 9.17) is 15.2 Å². The van der Waals surface area contributed by atoms with E-state index < -0.39 is 24.1 Å². The molecule has 0 spiro atoms. The number of urea groups is 1. The highest BCUT2D eigenvalue weighted by molar-refractivity contribution is 5.89. The number of ether oxygens (including phenoxy) is 2. The summed E-state index contributed by atoms with van der Waals surface area (Å²) in [4.78, 5) is 42.7. The van der Waals surface area contributed by atoms with Gasteiger partial charge in [0, 0.05) is 19.2 Å². The molecule has 0 saturated carbocycles. The number of hydrogen-bond acceptors (Lipinski definition) is 7. The molecule has 0 aromatic carbocycles. The molecule has 0 bridgehead atoms. The molecular weight excluding hydrogens is 462 g/mol. The van der Waals surface area contributed by atoms with Crippen molar-refractivity contribution >= 4 is 23.7 Å². The molecule has 10 heteroatoms. The lowest BCUT2D eigenvalue weighted by atomic mass is 10.0. The van der Waals surface area contributed by atoms with Gasteiger partial charge in [-0.25, -0.2) is 14.6 Å². The smallest absolute Gasteiger partial charge is 0.329 e. The molecule has 1 aromatic heterocycles. The summed E-state index contributed by atoms with van der Waals surface area (Å²) in [6.45, 7) is 7.06. The molecule has 10 nitrogen and oxygen atoms in total. The van der Waals surface area contributed by atoms with Gasteiger partial charge in [-0.15, -0.1) is 0 Å². The monoisotopic (exact) mass is 505 g/mol. The molecule has 1 aliphatic rings. The average Bonchev–Trinajstić information content (AvgIpc) is 2.84. The van der Waals surface area contributed by atoms with Gasteiger partial charge in [-0.1, -0.05) is 52.0 Å². The van der Waals surface area contributed by atoms with Gasteiger partial charge in [0.15, 0.2) is 0 Å². The van der Waals surface area contributed by atoms with E-state index in [-0.39, 0.29) is 30.9 Å². The maximum atomic E-state index is 13.2. The summed E-state index contributed by atoms with van der Waals surface area (Å²) in [7, 11) is 0. The molecule has 0 aliphatic carbocycles. The van der Waals surface area contributed by atoms with E-state index in [0.717, 1.165) is 44.1 Å². The van der Waals surface area contributed by atoms with Crippen molar-refractivity contribution in [1.29, 1.82) is 0 Å². The number of pyridine rings is 1. The molecule has 3 amide bonds. The van der Waals surface area contributed by atoms with E-state index in [0.29, 0.717) is 25.5 Å². The number of anilines is 1. The van der Waals surface area contributed by atoms with Crippen molar-refractivity contribution in [3.8, 4) is 0 Å². The number of carbonyl (C=O) groups is 3. The van der Waals surface area contributed by atoms with Crippen LogP contribution in [0.4, 0.5) is 10.6 Å². The Labute approximate surface area is 214 Å². The molecule has 36 heavy (non-hydrogen) atoms. The van der Waals surface area contributed by atoms with Crippen LogP contribution >= 0.6 is 0 Å². The highest BCUT2D eigenvalue weighted by Crippen LogP contribution is 2.12. The van der Waals surface area contributed by atoms with E-state index in [1.165, 1.54) is 0 Å². The highest BCUT2D eigenvalue weighted by atomic mass is 16.5. The van der Waals surface area contributed by atoms with Gasteiger partial charge >= 0.3 is 12.0 Å². The predicted octanol–water partition coefficient (Wildman–Crippen LogP) is 2.71. The Morgan fingerprint density at radius 3 is 2.58 bits per heavy atom. The minimum Gasteiger partial charge on any atom is -0.464 e. The van der Waals surface area contributed by atoms with Crippen LogP contribution in [0.3, 0.4) is 0 Å². The van der Waals surface area contributed by atoms with Gasteiger partial charge in [0.25, 0.3) is 0 Å². The minimum absolute atomic E-state index is 0.155. The first kappa shape index (κ1) is 29.4. The topological polar surface area (TPSA) is 145 Å². The largest absolute Gasteiger partial charge is 0.464 e. The lowest BCUT2D eigenvalue weighted by Gasteiger charge is -2.27. The Hall–Kier alpha value is -2.88. The first-order chi connectivity index (χ1) is 17.3. The van der Waals surface area contributed by atoms with E-state index >= 15 is 0 Å². The molecule has 3 atom stereocenters. The molecule has 5 N–H and O–H groups in total. The Balaban J connectivity index is 2.08. The Kier molecular flexibility index (Phi) is 13.0. The highest BCUT2D eigenvalue weighted by Gasteiger charge is 2.28. The number of carbonyl (C=O) groups excluding carboxylic acids is 3. The van der Waals surface area contributed by atoms with Crippen LogP contribution in [0, 0.1) is 5.92 Å². The van der Waals surface area contributed by atoms with Crippen LogP contribution in [-0.4, -0.2) is 60.8 Å². The Morgan fingerprint density at radius 1 is 1.19 bits per heavy atom. The first-order valence-electron chi connectivity index (χ1n) is 13.1. The fraction of sp³-hybridized carbons (Fsp3) is 0.692. The van der Waals surface area contributed by atoms with Crippen LogP contribution in [0.5, 0.6) is 0 Å². The third kappa shape index (κ3) is 10.8. The number of nitrogens with two attached hydrogens (primary N) is 1. The van der Waals surface area contributed by atoms with Crippen LogP contribution in [-0.2, 0) is 25.5 Å². The van der Waals surface area contributed by atoms with Gasteiger partial charge < -0.3 is 31.2 Å². The Bertz CT molecular complexity index is 817. The maximum absolute atomic E-state index is 13.2. The number of nitrogen functional groups attached to an aromatic ring is 1. The Morgan fingerprint density at radius 2 is 1.92 bits per heavy atom. The number of nitrogens with zero attached hydrogens (tertiary/aromatic N) is 1. The lowest BCUT2D eigenvalue weighted by Crippen LogP contribution is -2.56. The van der Waals surface area contributed by atoms with Crippen LogP contribution in [0.2, 0.25) is 0 Å². The second kappa shape index (κ2) is 16.0. The summed E-state index contributed by atoms with van der Waals surface area (Å²) in [6, 6.07) is 0.955. The number of aromatic nitrogens is 1. The molecule has 2 heterocycles. The van der Waals surface area contributed by atoms with Crippen LogP contribution in [0.25, 0.3) is 0 Å². The summed E-state index contributed by atoms with van der Waals surface area (Å²) in [5.74, 6) is -0.267. The number of nitrogens with one attached hydrogen (secondary N) is 3. The quantitative estimate of drug-likeness (QED) is 0.417. The van der Waals surface area contributed by atoms with Gasteiger partial charge in [0.2, 0.25) is 5.91 Å².